The van der Waals surface area contributed by atoms with E-state index in [1.807, 2.05) is 48.5 Å². The van der Waals surface area contributed by atoms with Gasteiger partial charge in [-0.25, -0.2) is 4.98 Å². The molecule has 1 N–H and O–H groups in total. The molecule has 0 saturated heterocycles. The molecule has 0 unspecified atom stereocenters. The van der Waals surface area contributed by atoms with Crippen molar-refractivity contribution in [2.45, 2.75) is 11.3 Å². The lowest BCUT2D eigenvalue weighted by Gasteiger charge is -2.03. The largest absolute Gasteiger partial charge is 0.292 e. The fraction of sp³-hybridized carbons (Fsp3) is 0.0625. The second-order valence-corrected chi connectivity index (χ2v) is 7.82. The fourth-order valence-electron chi connectivity index (χ4n) is 1.79. The quantitative estimate of drug-likeness (QED) is 0.281. The first kappa shape index (κ1) is 16.2. The highest BCUT2D eigenvalue weighted by atomic mass is 79.9. The number of rotatable bonds is 4. The summed E-state index contributed by atoms with van der Waals surface area (Å²) in [5.41, 5.74) is 4.66. The zero-order valence-electron chi connectivity index (χ0n) is 12.1. The number of halogens is 1. The Balaban J connectivity index is 1.79. The summed E-state index contributed by atoms with van der Waals surface area (Å²) in [4.78, 5) is 16.3. The van der Waals surface area contributed by atoms with Crippen LogP contribution < -0.4 is 5.43 Å². The van der Waals surface area contributed by atoms with Crippen LogP contribution in [0.1, 0.15) is 6.92 Å². The number of ketones is 1. The van der Waals surface area contributed by atoms with E-state index in [1.165, 1.54) is 18.7 Å². The molecule has 1 heterocycles. The highest BCUT2D eigenvalue weighted by Gasteiger charge is 2.12. The van der Waals surface area contributed by atoms with E-state index in [4.69, 9.17) is 0 Å². The van der Waals surface area contributed by atoms with Crippen LogP contribution in [0.4, 0.5) is 5.69 Å². The number of hydrazone groups is 1. The number of nitrogens with zero attached hydrogens (tertiary/aromatic N) is 2. The van der Waals surface area contributed by atoms with E-state index < -0.39 is 0 Å². The lowest BCUT2D eigenvalue weighted by Crippen LogP contribution is -2.07. The Labute approximate surface area is 150 Å². The van der Waals surface area contributed by atoms with Crippen molar-refractivity contribution in [3.63, 3.8) is 0 Å². The Kier molecular flexibility index (Phi) is 5.09. The number of carbonyl (C=O) groups is 1. The minimum atomic E-state index is -0.0983. The van der Waals surface area contributed by atoms with Crippen LogP contribution >= 0.6 is 39.0 Å². The van der Waals surface area contributed by atoms with Crippen LogP contribution in [-0.2, 0) is 4.79 Å². The number of carbonyl (C=O) groups excluding carboxylic acids is 1. The Morgan fingerprint density at radius 2 is 1.96 bits per heavy atom. The van der Waals surface area contributed by atoms with Gasteiger partial charge in [0.2, 0.25) is 0 Å². The predicted molar refractivity (Wildman–Crippen MR) is 101 cm³/mol. The molecule has 3 aromatic rings. The molecule has 0 aliphatic carbocycles. The number of thiazole rings is 1. The molecule has 4 nitrogen and oxygen atoms in total. The maximum atomic E-state index is 11.8. The van der Waals surface area contributed by atoms with Crippen LogP contribution in [0.2, 0.25) is 0 Å². The fourth-order valence-corrected chi connectivity index (χ4v) is 3.97. The maximum Gasteiger partial charge on any atom is 0.186 e. The van der Waals surface area contributed by atoms with E-state index in [0.717, 1.165) is 24.7 Å². The molecule has 0 saturated carbocycles. The molecule has 7 heteroatoms. The van der Waals surface area contributed by atoms with Gasteiger partial charge >= 0.3 is 0 Å². The third-order valence-electron chi connectivity index (χ3n) is 2.89. The third kappa shape index (κ3) is 4.19. The van der Waals surface area contributed by atoms with Crippen molar-refractivity contribution in [3.8, 4) is 0 Å². The van der Waals surface area contributed by atoms with Gasteiger partial charge in [0.05, 0.1) is 15.9 Å². The molecule has 0 aliphatic rings. The van der Waals surface area contributed by atoms with Crippen molar-refractivity contribution in [1.29, 1.82) is 0 Å². The number of anilines is 1. The molecule has 1 aromatic heterocycles. The lowest BCUT2D eigenvalue weighted by atomic mass is 10.3. The van der Waals surface area contributed by atoms with Crippen LogP contribution in [0, 0.1) is 0 Å². The monoisotopic (exact) mass is 405 g/mol. The van der Waals surface area contributed by atoms with E-state index in [1.54, 1.807) is 11.3 Å². The van der Waals surface area contributed by atoms with Crippen LogP contribution in [0.25, 0.3) is 10.2 Å². The van der Waals surface area contributed by atoms with Gasteiger partial charge in [-0.05, 0) is 48.2 Å². The number of fused-ring (bicyclic) bond motifs is 1. The summed E-state index contributed by atoms with van der Waals surface area (Å²) in [5, 5.41) is 4.60. The summed E-state index contributed by atoms with van der Waals surface area (Å²) in [7, 11) is 0. The topological polar surface area (TPSA) is 54.4 Å². The minimum Gasteiger partial charge on any atom is -0.292 e. The first-order valence-corrected chi connectivity index (χ1v) is 9.18. The number of hydrogen-bond donors (Lipinski definition) is 1. The van der Waals surface area contributed by atoms with Gasteiger partial charge < -0.3 is 0 Å². The van der Waals surface area contributed by atoms with Crippen LogP contribution in [0.3, 0.4) is 0 Å². The molecule has 0 atom stereocenters. The summed E-state index contributed by atoms with van der Waals surface area (Å²) in [5.74, 6) is -0.0983. The Morgan fingerprint density at radius 3 is 2.65 bits per heavy atom. The number of nitrogens with one attached hydrogen (secondary N) is 1. The Bertz CT molecular complexity index is 841. The summed E-state index contributed by atoms with van der Waals surface area (Å²) < 4.78 is 2.89. The second-order valence-electron chi connectivity index (χ2n) is 4.64. The molecule has 23 heavy (non-hydrogen) atoms. The molecule has 0 radical (unpaired) electrons. The maximum absolute atomic E-state index is 11.8. The van der Waals surface area contributed by atoms with Gasteiger partial charge in [0.1, 0.15) is 0 Å². The van der Waals surface area contributed by atoms with Crippen molar-refractivity contribution in [2.75, 3.05) is 5.43 Å². The van der Waals surface area contributed by atoms with E-state index >= 15 is 0 Å². The van der Waals surface area contributed by atoms with Crippen LogP contribution in [0.5, 0.6) is 0 Å². The van der Waals surface area contributed by atoms with Gasteiger partial charge in [-0.3, -0.25) is 10.2 Å². The summed E-state index contributed by atoms with van der Waals surface area (Å²) in [6.07, 6.45) is 0. The SMILES string of the molecule is CC(=O)C(=NNc1ccc(Br)cc1)Sc1nc2ccccc2s1. The van der Waals surface area contributed by atoms with Crippen molar-refractivity contribution in [3.05, 3.63) is 53.0 Å². The first-order valence-electron chi connectivity index (χ1n) is 6.75. The number of para-hydroxylation sites is 1. The molecular weight excluding hydrogens is 394 g/mol. The molecule has 2 aromatic carbocycles. The van der Waals surface area contributed by atoms with E-state index in [9.17, 15) is 4.79 Å². The van der Waals surface area contributed by atoms with Crippen LogP contribution in [0.15, 0.2) is 62.4 Å². The number of Topliss-reactive ketones (excluding diaryl/α,β-unsaturated/α-hetero) is 1. The van der Waals surface area contributed by atoms with Gasteiger partial charge in [0, 0.05) is 11.4 Å². The average Bonchev–Trinajstić information content (AvgIpc) is 2.95. The highest BCUT2D eigenvalue weighted by Crippen LogP contribution is 2.30. The summed E-state index contributed by atoms with van der Waals surface area (Å²) in [6.45, 7) is 1.50. The number of benzene rings is 2. The number of hydrogen-bond acceptors (Lipinski definition) is 6. The summed E-state index contributed by atoms with van der Waals surface area (Å²) >= 11 is 6.21. The normalized spacial score (nSPS) is 11.7. The molecule has 0 amide bonds. The van der Waals surface area contributed by atoms with Gasteiger partial charge in [-0.1, -0.05) is 28.1 Å². The molecule has 0 spiro atoms. The van der Waals surface area contributed by atoms with Crippen molar-refractivity contribution in [1.82, 2.24) is 4.98 Å². The third-order valence-corrected chi connectivity index (χ3v) is 5.59. The zero-order chi connectivity index (χ0) is 16.2. The number of thioether (sulfide) groups is 1. The van der Waals surface area contributed by atoms with Crippen molar-refractivity contribution in [2.24, 2.45) is 5.10 Å². The van der Waals surface area contributed by atoms with Crippen LogP contribution in [-0.4, -0.2) is 15.8 Å². The summed E-state index contributed by atoms with van der Waals surface area (Å²) in [6, 6.07) is 15.5. The first-order chi connectivity index (χ1) is 11.1. The number of aromatic nitrogens is 1. The predicted octanol–water partition coefficient (Wildman–Crippen LogP) is 5.17. The molecular formula is C16H12BrN3OS2. The molecule has 0 bridgehead atoms. The van der Waals surface area contributed by atoms with E-state index in [0.29, 0.717) is 5.04 Å². The smallest absolute Gasteiger partial charge is 0.186 e. The molecule has 0 fully saturated rings. The van der Waals surface area contributed by atoms with E-state index in [-0.39, 0.29) is 5.78 Å². The second kappa shape index (κ2) is 7.25. The molecule has 116 valence electrons. The minimum absolute atomic E-state index is 0.0983. The zero-order valence-corrected chi connectivity index (χ0v) is 15.3. The average molecular weight is 406 g/mol. The van der Waals surface area contributed by atoms with Gasteiger partial charge in [0.15, 0.2) is 15.2 Å². The molecule has 3 rings (SSSR count). The van der Waals surface area contributed by atoms with Gasteiger partial charge in [-0.2, -0.15) is 5.10 Å². The van der Waals surface area contributed by atoms with Crippen molar-refractivity contribution < 1.29 is 4.79 Å². The van der Waals surface area contributed by atoms with Gasteiger partial charge in [0.25, 0.3) is 0 Å². The standard InChI is InChI=1S/C16H12BrN3OS2/c1-10(21)15(20-19-12-8-6-11(17)7-9-12)23-16-18-13-4-2-3-5-14(13)22-16/h2-9,19H,1H3. The highest BCUT2D eigenvalue weighted by molar-refractivity contribution is 9.10. The molecule has 0 aliphatic heterocycles. The Hall–Kier alpha value is -1.70. The van der Waals surface area contributed by atoms with Crippen molar-refractivity contribution >= 4 is 65.8 Å². The Morgan fingerprint density at radius 1 is 1.22 bits per heavy atom. The van der Waals surface area contributed by atoms with E-state index in [2.05, 4.69) is 31.4 Å². The van der Waals surface area contributed by atoms with Gasteiger partial charge in [-0.15, -0.1) is 11.3 Å². The lowest BCUT2D eigenvalue weighted by molar-refractivity contribution is -0.110.